The lowest BCUT2D eigenvalue weighted by atomic mass is 9.49. The van der Waals surface area contributed by atoms with Crippen LogP contribution in [0.4, 0.5) is 0 Å². The van der Waals surface area contributed by atoms with E-state index < -0.39 is 30.1 Å². The zero-order chi connectivity index (χ0) is 18.5. The molecule has 2 aliphatic carbocycles. The molecule has 0 unspecified atom stereocenters. The van der Waals surface area contributed by atoms with E-state index in [9.17, 15) is 9.90 Å². The van der Waals surface area contributed by atoms with E-state index in [1.54, 1.807) is 13.2 Å². The minimum absolute atomic E-state index is 0. The van der Waals surface area contributed by atoms with E-state index in [2.05, 4.69) is 0 Å². The largest absolute Gasteiger partial charge is 0.493 e. The quantitative estimate of drug-likeness (QED) is 0.827. The maximum absolute atomic E-state index is 12.7. The van der Waals surface area contributed by atoms with Crippen molar-refractivity contribution in [3.63, 3.8) is 0 Å². The van der Waals surface area contributed by atoms with Crippen LogP contribution in [-0.4, -0.2) is 54.2 Å². The predicted molar refractivity (Wildman–Crippen MR) is 90.3 cm³/mol. The monoisotopic (exact) mass is 354 g/mol. The molecule has 1 saturated carbocycles. The van der Waals surface area contributed by atoms with Crippen LogP contribution in [0.2, 0.25) is 0 Å². The lowest BCUT2D eigenvalue weighted by molar-refractivity contribution is -0.185. The van der Waals surface area contributed by atoms with Gasteiger partial charge in [0.05, 0.1) is 18.1 Å². The van der Waals surface area contributed by atoms with Gasteiger partial charge in [-0.15, -0.1) is 12.4 Å². The number of carbonyl (C=O) groups excluding carboxylic acids is 1. The third kappa shape index (κ3) is 1.52. The van der Waals surface area contributed by atoms with Crippen LogP contribution in [0.5, 0.6) is 11.5 Å². The molecule has 0 amide bonds. The molecule has 2 fully saturated rings. The average molecular weight is 355 g/mol. The zero-order valence-corrected chi connectivity index (χ0v) is 14.2. The van der Waals surface area contributed by atoms with E-state index in [-0.39, 0.29) is 31.0 Å². The molecule has 5 nitrogen and oxygen atoms in total. The third-order valence-corrected chi connectivity index (χ3v) is 6.46. The van der Waals surface area contributed by atoms with Crippen LogP contribution in [-0.2, 0) is 16.6 Å². The topological polar surface area (TPSA) is 59.0 Å². The van der Waals surface area contributed by atoms with Crippen LogP contribution >= 0.6 is 12.4 Å². The van der Waals surface area contributed by atoms with Gasteiger partial charge in [0.15, 0.2) is 23.4 Å². The summed E-state index contributed by atoms with van der Waals surface area (Å²) in [5, 5.41) is 11.9. The van der Waals surface area contributed by atoms with Gasteiger partial charge >= 0.3 is 0 Å². The Bertz CT molecular complexity index is 832. The number of rotatable bonds is 1. The van der Waals surface area contributed by atoms with Gasteiger partial charge in [-0.2, -0.15) is 0 Å². The smallest absolute Gasteiger partial charge is 0.174 e. The van der Waals surface area contributed by atoms with Gasteiger partial charge in [-0.1, -0.05) is 6.07 Å². The Morgan fingerprint density at radius 2 is 2.29 bits per heavy atom. The Labute approximate surface area is 151 Å². The van der Waals surface area contributed by atoms with Crippen molar-refractivity contribution >= 4 is 18.2 Å². The highest BCUT2D eigenvalue weighted by molar-refractivity contribution is 5.90. The number of hydrogen-bond donors (Lipinski definition) is 1. The highest BCUT2D eigenvalue weighted by atomic mass is 35.5. The second-order valence-electron chi connectivity index (χ2n) is 7.15. The van der Waals surface area contributed by atoms with Gasteiger partial charge in [-0.05, 0) is 44.4 Å². The molecule has 0 radical (unpaired) electrons. The lowest BCUT2D eigenvalue weighted by Gasteiger charge is -2.62. The molecule has 2 bridgehead atoms. The molecule has 5 rings (SSSR count). The van der Waals surface area contributed by atoms with Crippen molar-refractivity contribution < 1.29 is 23.5 Å². The molecule has 24 heavy (non-hydrogen) atoms. The molecule has 0 aromatic heterocycles. The molecule has 1 spiro atoms. The summed E-state index contributed by atoms with van der Waals surface area (Å²) in [6, 6.07) is 3.15. The molecule has 1 N–H and O–H groups in total. The molecule has 1 aromatic rings. The molecule has 4 atom stereocenters. The highest BCUT2D eigenvalue weighted by Crippen LogP contribution is 2.64. The second kappa shape index (κ2) is 4.87. The Morgan fingerprint density at radius 1 is 1.46 bits per heavy atom. The van der Waals surface area contributed by atoms with Gasteiger partial charge in [0.25, 0.3) is 0 Å². The number of methoxy groups -OCH3 is 1. The summed E-state index contributed by atoms with van der Waals surface area (Å²) in [7, 11) is 1.55. The summed E-state index contributed by atoms with van der Waals surface area (Å²) in [4.78, 5) is 14.2. The fourth-order valence-electron chi connectivity index (χ4n) is 5.48. The summed E-state index contributed by atoms with van der Waals surface area (Å²) in [5.74, 6) is 1.07. The van der Waals surface area contributed by atoms with Crippen molar-refractivity contribution in [3.8, 4) is 11.5 Å². The zero-order valence-electron chi connectivity index (χ0n) is 16.4. The van der Waals surface area contributed by atoms with Crippen LogP contribution in [0.1, 0.15) is 34.5 Å². The maximum Gasteiger partial charge on any atom is 0.174 e. The molecule has 130 valence electrons. The number of benzene rings is 1. The van der Waals surface area contributed by atoms with Gasteiger partial charge in [0.1, 0.15) is 0 Å². The molecular weight excluding hydrogens is 330 g/mol. The molecule has 1 aromatic carbocycles. The number of nitrogens with zero attached hydrogens (tertiary/aromatic N) is 1. The molecule has 2 aliphatic heterocycles. The Hall–Kier alpha value is -1.30. The molecule has 6 heteroatoms. The fraction of sp³-hybridized carbons (Fsp3) is 0.611. The molecule has 2 heterocycles. The summed E-state index contributed by atoms with van der Waals surface area (Å²) in [5.41, 5.74) is -0.379. The number of carbonyl (C=O) groups is 1. The number of aliphatic hydroxyl groups is 1. The standard InChI is InChI=1S/C18H21NO4.ClH/c1-19-8-7-17-14-10-3-4-12(22-2)15(14)23-16(17)11(20)5-6-18(17,21)13(19)9-10;/h3-4,13,16,21H,5-9H2,1-2H3;1H/t13-,16-,17-,18+;/m0./s1/i1D3;. The van der Waals surface area contributed by atoms with Gasteiger partial charge < -0.3 is 19.5 Å². The summed E-state index contributed by atoms with van der Waals surface area (Å²) >= 11 is 0. The maximum atomic E-state index is 12.7. The van der Waals surface area contributed by atoms with E-state index in [1.165, 1.54) is 4.90 Å². The van der Waals surface area contributed by atoms with Crippen LogP contribution < -0.4 is 9.47 Å². The van der Waals surface area contributed by atoms with Gasteiger partial charge in [0.2, 0.25) is 0 Å². The van der Waals surface area contributed by atoms with Crippen molar-refractivity contribution in [2.24, 2.45) is 0 Å². The number of likely N-dealkylation sites (N-methyl/N-ethyl adjacent to an activating group) is 1. The van der Waals surface area contributed by atoms with E-state index >= 15 is 0 Å². The highest BCUT2D eigenvalue weighted by Gasteiger charge is 2.72. The van der Waals surface area contributed by atoms with Crippen molar-refractivity contribution in [2.45, 2.75) is 48.8 Å². The number of likely N-dealkylation sites (tertiary alicyclic amines) is 1. The van der Waals surface area contributed by atoms with Crippen molar-refractivity contribution in [2.75, 3.05) is 20.6 Å². The predicted octanol–water partition coefficient (Wildman–Crippen LogP) is 1.47. The van der Waals surface area contributed by atoms with Gasteiger partial charge in [-0.3, -0.25) is 4.79 Å². The molecular formula is C18H22ClNO4. The minimum Gasteiger partial charge on any atom is -0.493 e. The molecule has 4 aliphatic rings. The van der Waals surface area contributed by atoms with Crippen LogP contribution in [0.3, 0.4) is 0 Å². The van der Waals surface area contributed by atoms with Crippen LogP contribution in [0.25, 0.3) is 0 Å². The first-order valence-electron chi connectivity index (χ1n) is 9.63. The Balaban J connectivity index is 0.00000180. The number of piperidine rings is 1. The van der Waals surface area contributed by atoms with E-state index in [0.29, 0.717) is 30.9 Å². The number of halogens is 1. The van der Waals surface area contributed by atoms with Crippen LogP contribution in [0, 0.1) is 0 Å². The number of Topliss-reactive ketones (excluding diaryl/α,β-unsaturated/α-hetero) is 1. The first-order chi connectivity index (χ1) is 12.2. The number of hydrogen-bond acceptors (Lipinski definition) is 5. The SMILES string of the molecule is Cl.[2H]C([2H])([2H])N1CC[C@]23c4c5ccc(OC)c4O[C@H]2C(=O)CC[C@@]3(O)[C@@H]1C5. The summed E-state index contributed by atoms with van der Waals surface area (Å²) in [6.07, 6.45) is 0.488. The normalized spacial score (nSPS) is 41.2. The first-order valence-corrected chi connectivity index (χ1v) is 8.13. The summed E-state index contributed by atoms with van der Waals surface area (Å²) in [6.45, 7) is -1.99. The molecule has 1 saturated heterocycles. The van der Waals surface area contributed by atoms with Crippen molar-refractivity contribution in [1.29, 1.82) is 0 Å². The third-order valence-electron chi connectivity index (χ3n) is 6.46. The van der Waals surface area contributed by atoms with E-state index in [0.717, 1.165) is 11.1 Å². The summed E-state index contributed by atoms with van der Waals surface area (Å²) < 4.78 is 35.3. The van der Waals surface area contributed by atoms with E-state index in [1.807, 2.05) is 6.07 Å². The number of ketones is 1. The van der Waals surface area contributed by atoms with E-state index in [4.69, 9.17) is 13.6 Å². The minimum atomic E-state index is -2.29. The Kier molecular flexibility index (Phi) is 2.63. The lowest BCUT2D eigenvalue weighted by Crippen LogP contribution is -2.76. The van der Waals surface area contributed by atoms with Crippen molar-refractivity contribution in [3.05, 3.63) is 23.3 Å². The van der Waals surface area contributed by atoms with Gasteiger partial charge in [-0.25, -0.2) is 0 Å². The average Bonchev–Trinajstić information content (AvgIpc) is 2.92. The second-order valence-corrected chi connectivity index (χ2v) is 7.15. The Morgan fingerprint density at radius 3 is 3.04 bits per heavy atom. The van der Waals surface area contributed by atoms with Gasteiger partial charge in [0, 0.05) is 22.1 Å². The van der Waals surface area contributed by atoms with Crippen LogP contribution in [0.15, 0.2) is 12.1 Å². The fourth-order valence-corrected chi connectivity index (χ4v) is 5.48. The number of ether oxygens (including phenoxy) is 2. The van der Waals surface area contributed by atoms with Crippen molar-refractivity contribution in [1.82, 2.24) is 4.90 Å². The first kappa shape index (κ1) is 13.0.